The van der Waals surface area contributed by atoms with E-state index >= 15 is 0 Å². The number of nitrogens with zero attached hydrogens (tertiary/aromatic N) is 4. The second kappa shape index (κ2) is 11.4. The van der Waals surface area contributed by atoms with Crippen LogP contribution in [0.15, 0.2) is 88.7 Å². The largest absolute Gasteiger partial charge is 0.479 e. The highest BCUT2D eigenvalue weighted by Crippen LogP contribution is 2.29. The Morgan fingerprint density at radius 1 is 0.952 bits per heavy atom. The van der Waals surface area contributed by atoms with Gasteiger partial charge in [0.15, 0.2) is 26.6 Å². The summed E-state index contributed by atoms with van der Waals surface area (Å²) in [6, 6.07) is 19.5. The fourth-order valence-electron chi connectivity index (χ4n) is 4.12. The van der Waals surface area contributed by atoms with Gasteiger partial charge in [-0.1, -0.05) is 18.2 Å². The Labute approximate surface area is 239 Å². The maximum absolute atomic E-state index is 14.0. The second-order valence-electron chi connectivity index (χ2n) is 9.12. The van der Waals surface area contributed by atoms with E-state index in [1.807, 2.05) is 0 Å². The lowest BCUT2D eigenvalue weighted by molar-refractivity contribution is -0.150. The predicted molar refractivity (Wildman–Crippen MR) is 151 cm³/mol. The van der Waals surface area contributed by atoms with E-state index < -0.39 is 38.3 Å². The molecular weight excluding hydrogens is 567 g/mol. The third-order valence-corrected chi connectivity index (χ3v) is 7.03. The number of para-hydroxylation sites is 1. The summed E-state index contributed by atoms with van der Waals surface area (Å²) >= 11 is 0. The van der Waals surface area contributed by atoms with E-state index in [0.717, 1.165) is 23.0 Å². The maximum Gasteiger partial charge on any atom is 0.347 e. The zero-order valence-electron chi connectivity index (χ0n) is 22.7. The summed E-state index contributed by atoms with van der Waals surface area (Å²) in [6.45, 7) is 3.48. The molecule has 1 atom stereocenters. The molecule has 0 spiro atoms. The third kappa shape index (κ3) is 5.72. The van der Waals surface area contributed by atoms with Crippen molar-refractivity contribution in [1.82, 2.24) is 19.3 Å². The molecule has 0 bridgehead atoms. The van der Waals surface area contributed by atoms with Crippen molar-refractivity contribution in [3.05, 3.63) is 95.0 Å². The lowest BCUT2D eigenvalue weighted by atomic mass is 10.3. The Morgan fingerprint density at radius 3 is 2.21 bits per heavy atom. The first-order chi connectivity index (χ1) is 20.1. The first kappa shape index (κ1) is 28.5. The van der Waals surface area contributed by atoms with Crippen molar-refractivity contribution >= 4 is 26.8 Å². The zero-order chi connectivity index (χ0) is 30.0. The van der Waals surface area contributed by atoms with E-state index in [2.05, 4.69) is 10.1 Å². The summed E-state index contributed by atoms with van der Waals surface area (Å²) in [5.41, 5.74) is -0.191. The highest BCUT2D eigenvalue weighted by molar-refractivity contribution is 7.90. The molecule has 0 fully saturated rings. The van der Waals surface area contributed by atoms with E-state index in [9.17, 15) is 22.4 Å². The van der Waals surface area contributed by atoms with Crippen LogP contribution < -0.4 is 15.0 Å². The molecule has 0 radical (unpaired) electrons. The normalized spacial score (nSPS) is 12.2. The number of ether oxygens (including phenoxy) is 3. The van der Waals surface area contributed by atoms with Crippen LogP contribution in [0.4, 0.5) is 4.39 Å². The minimum Gasteiger partial charge on any atom is -0.479 e. The molecule has 13 heteroatoms. The summed E-state index contributed by atoms with van der Waals surface area (Å²) < 4.78 is 58.1. The van der Waals surface area contributed by atoms with Crippen LogP contribution in [0.2, 0.25) is 0 Å². The van der Waals surface area contributed by atoms with Crippen molar-refractivity contribution in [2.45, 2.75) is 25.0 Å². The highest BCUT2D eigenvalue weighted by atomic mass is 32.2. The lowest BCUT2D eigenvalue weighted by Crippen LogP contribution is -2.26. The minimum atomic E-state index is -3.97. The Morgan fingerprint density at radius 2 is 1.60 bits per heavy atom. The molecule has 0 aliphatic heterocycles. The van der Waals surface area contributed by atoms with Crippen molar-refractivity contribution in [1.29, 1.82) is 0 Å². The number of hydrogen-bond acceptors (Lipinski definition) is 9. The number of rotatable bonds is 9. The molecule has 0 saturated carbocycles. The number of esters is 1. The number of fused-ring (bicyclic) bond motifs is 1. The van der Waals surface area contributed by atoms with Crippen LogP contribution in [0.3, 0.4) is 0 Å². The maximum atomic E-state index is 14.0. The van der Waals surface area contributed by atoms with Gasteiger partial charge in [0, 0.05) is 6.26 Å². The molecule has 216 valence electrons. The topological polar surface area (TPSA) is 132 Å². The molecule has 1 unspecified atom stereocenters. The van der Waals surface area contributed by atoms with Crippen LogP contribution in [-0.4, -0.2) is 52.7 Å². The van der Waals surface area contributed by atoms with Gasteiger partial charge in [0.05, 0.1) is 18.0 Å². The highest BCUT2D eigenvalue weighted by Gasteiger charge is 2.28. The number of halogens is 1. The van der Waals surface area contributed by atoms with E-state index in [1.54, 1.807) is 56.3 Å². The average molecular weight is 593 g/mol. The van der Waals surface area contributed by atoms with E-state index in [-0.39, 0.29) is 35.1 Å². The molecule has 0 aliphatic carbocycles. The summed E-state index contributed by atoms with van der Waals surface area (Å²) in [7, 11) is -3.97. The van der Waals surface area contributed by atoms with Crippen LogP contribution >= 0.6 is 0 Å². The molecule has 42 heavy (non-hydrogen) atoms. The molecular formula is C29H25FN4O7S. The van der Waals surface area contributed by atoms with Gasteiger partial charge in [-0.15, -0.1) is 0 Å². The number of carbonyl (C=O) groups excluding carboxylic acids is 1. The average Bonchev–Trinajstić information content (AvgIpc) is 3.36. The summed E-state index contributed by atoms with van der Waals surface area (Å²) in [5.74, 6) is -0.448. The van der Waals surface area contributed by atoms with Gasteiger partial charge in [-0.3, -0.25) is 4.79 Å². The molecule has 0 aliphatic rings. The van der Waals surface area contributed by atoms with Crippen LogP contribution in [-0.2, 0) is 19.4 Å². The van der Waals surface area contributed by atoms with Gasteiger partial charge in [-0.2, -0.15) is 10.1 Å². The Hall–Kier alpha value is -5.04. The van der Waals surface area contributed by atoms with Crippen molar-refractivity contribution in [3.8, 4) is 28.9 Å². The summed E-state index contributed by atoms with van der Waals surface area (Å²) in [6.07, 6.45) is 0.106. The van der Waals surface area contributed by atoms with Crippen molar-refractivity contribution in [3.63, 3.8) is 0 Å². The molecule has 5 rings (SSSR count). The fourth-order valence-corrected chi connectivity index (χ4v) is 4.90. The fraction of sp³-hybridized carbons (Fsp3) is 0.172. The minimum absolute atomic E-state index is 0.0526. The second-order valence-corrected chi connectivity index (χ2v) is 11.1. The molecule has 2 heterocycles. The van der Waals surface area contributed by atoms with Crippen molar-refractivity contribution in [2.75, 3.05) is 12.9 Å². The zero-order valence-corrected chi connectivity index (χ0v) is 23.5. The molecule has 11 nitrogen and oxygen atoms in total. The number of hydrogen-bond donors (Lipinski definition) is 0. The standard InChI is InChI=1S/C29H25FN4O7S/c1-4-39-28(36)18(2)40-22-14-16-23(17-15-22)41-29-31-25-24(27(35)33(29)20-12-10-19(30)11-13-20)26(42(3,37)38)32-34(25)21-8-6-5-7-9-21/h5-18H,4H2,1-3H3. The smallest absolute Gasteiger partial charge is 0.347 e. The molecule has 0 N–H and O–H groups in total. The van der Waals surface area contributed by atoms with Gasteiger partial charge >= 0.3 is 12.0 Å². The van der Waals surface area contributed by atoms with Gasteiger partial charge in [0.1, 0.15) is 22.7 Å². The third-order valence-electron chi connectivity index (χ3n) is 6.04. The van der Waals surface area contributed by atoms with Gasteiger partial charge < -0.3 is 14.2 Å². The first-order valence-electron chi connectivity index (χ1n) is 12.7. The van der Waals surface area contributed by atoms with Crippen LogP contribution in [0.5, 0.6) is 17.5 Å². The van der Waals surface area contributed by atoms with E-state index in [4.69, 9.17) is 14.2 Å². The molecule has 0 amide bonds. The molecule has 2 aromatic heterocycles. The van der Waals surface area contributed by atoms with Crippen molar-refractivity contribution in [2.24, 2.45) is 0 Å². The number of carbonyl (C=O) groups is 1. The van der Waals surface area contributed by atoms with Gasteiger partial charge in [0.2, 0.25) is 0 Å². The first-order valence-corrected chi connectivity index (χ1v) is 14.6. The van der Waals surface area contributed by atoms with E-state index in [1.165, 1.54) is 28.9 Å². The van der Waals surface area contributed by atoms with Gasteiger partial charge in [-0.25, -0.2) is 26.9 Å². The van der Waals surface area contributed by atoms with Crippen LogP contribution in [0, 0.1) is 5.82 Å². The van der Waals surface area contributed by atoms with Gasteiger partial charge in [0.25, 0.3) is 5.56 Å². The monoisotopic (exact) mass is 592 g/mol. The van der Waals surface area contributed by atoms with E-state index in [0.29, 0.717) is 11.4 Å². The Kier molecular flexibility index (Phi) is 7.77. The summed E-state index contributed by atoms with van der Waals surface area (Å²) in [5, 5.41) is 3.52. The summed E-state index contributed by atoms with van der Waals surface area (Å²) in [4.78, 5) is 30.4. The SMILES string of the molecule is CCOC(=O)C(C)Oc1ccc(Oc2nc3c(c(S(C)(=O)=O)nn3-c3ccccc3)c(=O)n2-c2ccc(F)cc2)cc1. The lowest BCUT2D eigenvalue weighted by Gasteiger charge is -2.15. The van der Waals surface area contributed by atoms with Crippen molar-refractivity contribution < 1.29 is 31.8 Å². The quantitative estimate of drug-likeness (QED) is 0.231. The van der Waals surface area contributed by atoms with Crippen LogP contribution in [0.1, 0.15) is 13.8 Å². The predicted octanol–water partition coefficient (Wildman–Crippen LogP) is 4.24. The number of benzene rings is 3. The number of aromatic nitrogens is 4. The van der Waals surface area contributed by atoms with Crippen LogP contribution in [0.25, 0.3) is 22.4 Å². The number of sulfone groups is 1. The molecule has 3 aromatic carbocycles. The molecule has 5 aromatic rings. The molecule has 0 saturated heterocycles. The Bertz CT molecular complexity index is 1920. The van der Waals surface area contributed by atoms with Gasteiger partial charge in [-0.05, 0) is 74.5 Å². The Balaban J connectivity index is 1.66.